The molecule has 0 saturated carbocycles. The molecule has 1 aliphatic rings. The van der Waals surface area contributed by atoms with Crippen LogP contribution in [0.2, 0.25) is 0 Å². The van der Waals surface area contributed by atoms with E-state index in [0.717, 1.165) is 32.1 Å². The lowest BCUT2D eigenvalue weighted by Gasteiger charge is -2.24. The third kappa shape index (κ3) is 4.97. The van der Waals surface area contributed by atoms with Crippen molar-refractivity contribution < 1.29 is 4.79 Å². The van der Waals surface area contributed by atoms with Gasteiger partial charge in [0.25, 0.3) is 0 Å². The zero-order chi connectivity index (χ0) is 13.4. The second-order valence-corrected chi connectivity index (χ2v) is 5.62. The molecule has 1 rings (SSSR count). The second kappa shape index (κ2) is 8.52. The van der Waals surface area contributed by atoms with Gasteiger partial charge in [-0.15, -0.1) is 0 Å². The van der Waals surface area contributed by atoms with Crippen LogP contribution in [0.15, 0.2) is 0 Å². The first-order valence-electron chi connectivity index (χ1n) is 7.68. The van der Waals surface area contributed by atoms with Crippen LogP contribution >= 0.6 is 0 Å². The summed E-state index contributed by atoms with van der Waals surface area (Å²) < 4.78 is 0. The molecule has 1 fully saturated rings. The molecule has 0 aromatic rings. The monoisotopic (exact) mass is 254 g/mol. The van der Waals surface area contributed by atoms with Crippen LogP contribution in [-0.4, -0.2) is 37.0 Å². The Balaban J connectivity index is 2.39. The Kier molecular flexibility index (Phi) is 7.33. The third-order valence-corrected chi connectivity index (χ3v) is 3.98. The van der Waals surface area contributed by atoms with Crippen molar-refractivity contribution in [2.75, 3.05) is 26.2 Å². The van der Waals surface area contributed by atoms with Gasteiger partial charge in [-0.25, -0.2) is 0 Å². The largest absolute Gasteiger partial charge is 0.342 e. The average Bonchev–Trinajstić information content (AvgIpc) is 2.61. The second-order valence-electron chi connectivity index (χ2n) is 5.62. The van der Waals surface area contributed by atoms with Crippen LogP contribution < -0.4 is 5.32 Å². The van der Waals surface area contributed by atoms with Crippen molar-refractivity contribution in [3.63, 3.8) is 0 Å². The van der Waals surface area contributed by atoms with E-state index in [-0.39, 0.29) is 5.92 Å². The fourth-order valence-electron chi connectivity index (χ4n) is 2.84. The summed E-state index contributed by atoms with van der Waals surface area (Å²) in [5.74, 6) is 1.30. The predicted molar refractivity (Wildman–Crippen MR) is 76.5 cm³/mol. The molecule has 1 N–H and O–H groups in total. The quantitative estimate of drug-likeness (QED) is 0.790. The SMILES string of the molecule is CCCC1CCCN(C(=O)C(C)CNCC)CC1. The molecule has 1 heterocycles. The molecule has 0 bridgehead atoms. The molecule has 0 aliphatic carbocycles. The maximum absolute atomic E-state index is 12.3. The summed E-state index contributed by atoms with van der Waals surface area (Å²) in [5.41, 5.74) is 0. The molecule has 1 amide bonds. The first-order valence-corrected chi connectivity index (χ1v) is 7.68. The highest BCUT2D eigenvalue weighted by molar-refractivity contribution is 5.78. The molecule has 106 valence electrons. The summed E-state index contributed by atoms with van der Waals surface area (Å²) in [4.78, 5) is 14.4. The maximum atomic E-state index is 12.3. The topological polar surface area (TPSA) is 32.3 Å². The molecule has 2 unspecified atom stereocenters. The molecule has 0 radical (unpaired) electrons. The van der Waals surface area contributed by atoms with Gasteiger partial charge in [-0.2, -0.15) is 0 Å². The molecule has 2 atom stereocenters. The van der Waals surface area contributed by atoms with Gasteiger partial charge < -0.3 is 10.2 Å². The Morgan fingerprint density at radius 3 is 2.78 bits per heavy atom. The van der Waals surface area contributed by atoms with E-state index >= 15 is 0 Å². The van der Waals surface area contributed by atoms with Gasteiger partial charge in [0.1, 0.15) is 0 Å². The van der Waals surface area contributed by atoms with Gasteiger partial charge in [-0.3, -0.25) is 4.79 Å². The number of rotatable bonds is 6. The number of amides is 1. The molecule has 0 aromatic carbocycles. The van der Waals surface area contributed by atoms with E-state index in [1.807, 2.05) is 6.92 Å². The van der Waals surface area contributed by atoms with Crippen LogP contribution in [0.3, 0.4) is 0 Å². The van der Waals surface area contributed by atoms with Gasteiger partial charge in [0, 0.05) is 25.6 Å². The summed E-state index contributed by atoms with van der Waals surface area (Å²) in [5, 5.41) is 3.27. The van der Waals surface area contributed by atoms with Crippen molar-refractivity contribution in [3.8, 4) is 0 Å². The predicted octanol–water partition coefficient (Wildman–Crippen LogP) is 2.66. The lowest BCUT2D eigenvalue weighted by atomic mass is 9.96. The number of carbonyl (C=O) groups is 1. The number of carbonyl (C=O) groups excluding carboxylic acids is 1. The molecule has 18 heavy (non-hydrogen) atoms. The van der Waals surface area contributed by atoms with E-state index in [1.165, 1.54) is 32.1 Å². The minimum absolute atomic E-state index is 0.118. The Morgan fingerprint density at radius 1 is 1.33 bits per heavy atom. The molecular formula is C15H30N2O. The molecular weight excluding hydrogens is 224 g/mol. The third-order valence-electron chi connectivity index (χ3n) is 3.98. The van der Waals surface area contributed by atoms with E-state index in [0.29, 0.717) is 5.91 Å². The lowest BCUT2D eigenvalue weighted by molar-refractivity contribution is -0.134. The van der Waals surface area contributed by atoms with Crippen LogP contribution in [-0.2, 0) is 4.79 Å². The van der Waals surface area contributed by atoms with Crippen LogP contribution in [0, 0.1) is 11.8 Å². The van der Waals surface area contributed by atoms with Gasteiger partial charge in [-0.1, -0.05) is 33.6 Å². The molecule has 1 saturated heterocycles. The number of hydrogen-bond donors (Lipinski definition) is 1. The van der Waals surface area contributed by atoms with Crippen molar-refractivity contribution >= 4 is 5.91 Å². The maximum Gasteiger partial charge on any atom is 0.226 e. The van der Waals surface area contributed by atoms with Crippen molar-refractivity contribution in [2.45, 2.75) is 52.9 Å². The van der Waals surface area contributed by atoms with Crippen molar-refractivity contribution in [3.05, 3.63) is 0 Å². The van der Waals surface area contributed by atoms with E-state index < -0.39 is 0 Å². The average molecular weight is 254 g/mol. The molecule has 0 spiro atoms. The van der Waals surface area contributed by atoms with Crippen molar-refractivity contribution in [2.24, 2.45) is 11.8 Å². The number of nitrogens with one attached hydrogen (secondary N) is 1. The van der Waals surface area contributed by atoms with E-state index in [4.69, 9.17) is 0 Å². The number of hydrogen-bond acceptors (Lipinski definition) is 2. The van der Waals surface area contributed by atoms with Gasteiger partial charge in [0.05, 0.1) is 0 Å². The van der Waals surface area contributed by atoms with Gasteiger partial charge >= 0.3 is 0 Å². The highest BCUT2D eigenvalue weighted by atomic mass is 16.2. The zero-order valence-corrected chi connectivity index (χ0v) is 12.4. The van der Waals surface area contributed by atoms with Crippen molar-refractivity contribution in [1.29, 1.82) is 0 Å². The van der Waals surface area contributed by atoms with Crippen LogP contribution in [0.1, 0.15) is 52.9 Å². The highest BCUT2D eigenvalue weighted by Crippen LogP contribution is 2.22. The summed E-state index contributed by atoms with van der Waals surface area (Å²) in [6.45, 7) is 10.1. The zero-order valence-electron chi connectivity index (χ0n) is 12.4. The fourth-order valence-corrected chi connectivity index (χ4v) is 2.84. The Labute approximate surface area is 112 Å². The summed E-state index contributed by atoms with van der Waals surface area (Å²) in [7, 11) is 0. The first kappa shape index (κ1) is 15.5. The van der Waals surface area contributed by atoms with Crippen LogP contribution in [0.25, 0.3) is 0 Å². The Morgan fingerprint density at radius 2 is 2.11 bits per heavy atom. The van der Waals surface area contributed by atoms with Crippen molar-refractivity contribution in [1.82, 2.24) is 10.2 Å². The van der Waals surface area contributed by atoms with Crippen LogP contribution in [0.4, 0.5) is 0 Å². The molecule has 3 nitrogen and oxygen atoms in total. The summed E-state index contributed by atoms with van der Waals surface area (Å²) in [6.07, 6.45) is 6.29. The van der Waals surface area contributed by atoms with E-state index in [9.17, 15) is 4.79 Å². The Hall–Kier alpha value is -0.570. The molecule has 1 aliphatic heterocycles. The van der Waals surface area contributed by atoms with E-state index in [2.05, 4.69) is 24.1 Å². The van der Waals surface area contributed by atoms with Gasteiger partial charge in [0.2, 0.25) is 5.91 Å². The van der Waals surface area contributed by atoms with E-state index in [1.54, 1.807) is 0 Å². The van der Waals surface area contributed by atoms with Gasteiger partial charge in [-0.05, 0) is 31.7 Å². The smallest absolute Gasteiger partial charge is 0.226 e. The minimum atomic E-state index is 0.118. The van der Waals surface area contributed by atoms with Gasteiger partial charge in [0.15, 0.2) is 0 Å². The first-order chi connectivity index (χ1) is 8.69. The molecule has 0 aromatic heterocycles. The fraction of sp³-hybridized carbons (Fsp3) is 0.933. The normalized spacial score (nSPS) is 22.6. The summed E-state index contributed by atoms with van der Waals surface area (Å²) in [6, 6.07) is 0. The highest BCUT2D eigenvalue weighted by Gasteiger charge is 2.23. The lowest BCUT2D eigenvalue weighted by Crippen LogP contribution is -2.39. The Bertz CT molecular complexity index is 243. The minimum Gasteiger partial charge on any atom is -0.342 e. The summed E-state index contributed by atoms with van der Waals surface area (Å²) >= 11 is 0. The van der Waals surface area contributed by atoms with Crippen LogP contribution in [0.5, 0.6) is 0 Å². The number of nitrogens with zero attached hydrogens (tertiary/aromatic N) is 1. The standard InChI is InChI=1S/C15H30N2O/c1-4-7-14-8-6-10-17(11-9-14)15(18)13(3)12-16-5-2/h13-14,16H,4-12H2,1-3H3. The molecule has 3 heteroatoms. The number of likely N-dealkylation sites (tertiary alicyclic amines) is 1.